The summed E-state index contributed by atoms with van der Waals surface area (Å²) >= 11 is 0. The topological polar surface area (TPSA) is 55.1 Å². The molecule has 3 heterocycles. The molecular weight excluding hydrogens is 367 g/mol. The Morgan fingerprint density at radius 2 is 1.76 bits per heavy atom. The third kappa shape index (κ3) is 3.38. The fourth-order valence-corrected chi connectivity index (χ4v) is 3.73. The summed E-state index contributed by atoms with van der Waals surface area (Å²) in [6, 6.07) is 18.5. The Kier molecular flexibility index (Phi) is 4.31. The molecule has 0 unspecified atom stereocenters. The van der Waals surface area contributed by atoms with E-state index in [1.54, 1.807) is 12.1 Å². The molecular formula is C23H19FN4O. The highest BCUT2D eigenvalue weighted by molar-refractivity contribution is 5.65. The first-order valence-electron chi connectivity index (χ1n) is 9.57. The first-order chi connectivity index (χ1) is 14.2. The van der Waals surface area contributed by atoms with Gasteiger partial charge in [0.05, 0.1) is 12.2 Å². The molecule has 0 bridgehead atoms. The van der Waals surface area contributed by atoms with Crippen molar-refractivity contribution in [3.63, 3.8) is 0 Å². The second kappa shape index (κ2) is 7.13. The lowest BCUT2D eigenvalue weighted by atomic mass is 10.0. The van der Waals surface area contributed by atoms with Crippen LogP contribution in [0, 0.1) is 12.7 Å². The molecule has 2 aromatic carbocycles. The van der Waals surface area contributed by atoms with Crippen LogP contribution in [0.1, 0.15) is 17.1 Å². The molecule has 0 radical (unpaired) electrons. The molecule has 5 rings (SSSR count). The van der Waals surface area contributed by atoms with Crippen LogP contribution in [0.4, 0.5) is 10.2 Å². The summed E-state index contributed by atoms with van der Waals surface area (Å²) in [7, 11) is 0. The van der Waals surface area contributed by atoms with Gasteiger partial charge in [-0.2, -0.15) is 0 Å². The SMILES string of the molecule is Cc1nc(-c2ccccc2)cc(N2CCc3c(noc3-c3ccc(F)cc3)C2)n1. The number of anilines is 1. The summed E-state index contributed by atoms with van der Waals surface area (Å²) in [4.78, 5) is 11.4. The van der Waals surface area contributed by atoms with Crippen molar-refractivity contribution in [3.8, 4) is 22.6 Å². The van der Waals surface area contributed by atoms with Gasteiger partial charge in [-0.3, -0.25) is 0 Å². The predicted molar refractivity (Wildman–Crippen MR) is 109 cm³/mol. The first kappa shape index (κ1) is 17.6. The molecule has 5 nitrogen and oxygen atoms in total. The molecule has 0 aliphatic carbocycles. The molecule has 29 heavy (non-hydrogen) atoms. The van der Waals surface area contributed by atoms with Gasteiger partial charge in [0.25, 0.3) is 0 Å². The van der Waals surface area contributed by atoms with Crippen molar-refractivity contribution in [2.45, 2.75) is 19.9 Å². The lowest BCUT2D eigenvalue weighted by Gasteiger charge is -2.27. The van der Waals surface area contributed by atoms with Crippen LogP contribution in [0.5, 0.6) is 0 Å². The van der Waals surface area contributed by atoms with Crippen LogP contribution in [0.15, 0.2) is 65.2 Å². The number of hydrogen-bond donors (Lipinski definition) is 0. The van der Waals surface area contributed by atoms with E-state index >= 15 is 0 Å². The predicted octanol–water partition coefficient (Wildman–Crippen LogP) is 4.81. The second-order valence-electron chi connectivity index (χ2n) is 7.14. The molecule has 2 aromatic heterocycles. The van der Waals surface area contributed by atoms with Crippen LogP contribution in [0.2, 0.25) is 0 Å². The van der Waals surface area contributed by atoms with Gasteiger partial charge < -0.3 is 9.42 Å². The Balaban J connectivity index is 1.45. The molecule has 0 saturated heterocycles. The minimum absolute atomic E-state index is 0.262. The molecule has 144 valence electrons. The van der Waals surface area contributed by atoms with Gasteiger partial charge in [-0.1, -0.05) is 35.5 Å². The van der Waals surface area contributed by atoms with Crippen molar-refractivity contribution in [3.05, 3.63) is 83.6 Å². The van der Waals surface area contributed by atoms with Crippen molar-refractivity contribution in [2.75, 3.05) is 11.4 Å². The Morgan fingerprint density at radius 3 is 2.55 bits per heavy atom. The molecule has 0 saturated carbocycles. The maximum absolute atomic E-state index is 13.2. The van der Waals surface area contributed by atoms with Gasteiger partial charge in [-0.05, 0) is 37.6 Å². The zero-order valence-corrected chi connectivity index (χ0v) is 16.0. The van der Waals surface area contributed by atoms with E-state index in [2.05, 4.69) is 20.0 Å². The highest BCUT2D eigenvalue weighted by atomic mass is 19.1. The van der Waals surface area contributed by atoms with E-state index in [0.29, 0.717) is 6.54 Å². The zero-order chi connectivity index (χ0) is 19.8. The van der Waals surface area contributed by atoms with Gasteiger partial charge in [0.1, 0.15) is 23.2 Å². The quantitative estimate of drug-likeness (QED) is 0.506. The number of hydrogen-bond acceptors (Lipinski definition) is 5. The number of halogens is 1. The van der Waals surface area contributed by atoms with E-state index in [0.717, 1.165) is 58.4 Å². The van der Waals surface area contributed by atoms with Crippen LogP contribution < -0.4 is 4.90 Å². The van der Waals surface area contributed by atoms with Gasteiger partial charge in [-0.25, -0.2) is 14.4 Å². The van der Waals surface area contributed by atoms with Gasteiger partial charge in [0, 0.05) is 29.3 Å². The molecule has 4 aromatic rings. The number of aryl methyl sites for hydroxylation is 1. The fourth-order valence-electron chi connectivity index (χ4n) is 3.73. The number of nitrogens with zero attached hydrogens (tertiary/aromatic N) is 4. The molecule has 0 atom stereocenters. The largest absolute Gasteiger partial charge is 0.356 e. The Morgan fingerprint density at radius 1 is 0.966 bits per heavy atom. The van der Waals surface area contributed by atoms with Gasteiger partial charge in [0.15, 0.2) is 5.76 Å². The van der Waals surface area contributed by atoms with Crippen LogP contribution in [-0.4, -0.2) is 21.7 Å². The van der Waals surface area contributed by atoms with E-state index in [4.69, 9.17) is 4.52 Å². The number of fused-ring (bicyclic) bond motifs is 1. The number of aromatic nitrogens is 3. The summed E-state index contributed by atoms with van der Waals surface area (Å²) in [5.41, 5.74) is 4.80. The van der Waals surface area contributed by atoms with Crippen molar-refractivity contribution in [1.82, 2.24) is 15.1 Å². The maximum atomic E-state index is 13.2. The molecule has 0 fully saturated rings. The van der Waals surface area contributed by atoms with Gasteiger partial charge >= 0.3 is 0 Å². The van der Waals surface area contributed by atoms with E-state index in [-0.39, 0.29) is 5.82 Å². The van der Waals surface area contributed by atoms with Crippen LogP contribution >= 0.6 is 0 Å². The summed E-state index contributed by atoms with van der Waals surface area (Å²) < 4.78 is 18.8. The molecule has 0 spiro atoms. The van der Waals surface area contributed by atoms with Crippen LogP contribution in [0.3, 0.4) is 0 Å². The molecule has 0 N–H and O–H groups in total. The molecule has 1 aliphatic heterocycles. The average molecular weight is 386 g/mol. The highest BCUT2D eigenvalue weighted by Crippen LogP contribution is 2.32. The van der Waals surface area contributed by atoms with Gasteiger partial charge in [0.2, 0.25) is 0 Å². The van der Waals surface area contributed by atoms with Crippen molar-refractivity contribution in [1.29, 1.82) is 0 Å². The summed E-state index contributed by atoms with van der Waals surface area (Å²) in [5.74, 6) is 2.08. The minimum Gasteiger partial charge on any atom is -0.356 e. The summed E-state index contributed by atoms with van der Waals surface area (Å²) in [5, 5.41) is 4.28. The lowest BCUT2D eigenvalue weighted by molar-refractivity contribution is 0.423. The monoisotopic (exact) mass is 386 g/mol. The summed E-state index contributed by atoms with van der Waals surface area (Å²) in [6.45, 7) is 3.33. The smallest absolute Gasteiger partial charge is 0.170 e. The van der Waals surface area contributed by atoms with Crippen LogP contribution in [0.25, 0.3) is 22.6 Å². The maximum Gasteiger partial charge on any atom is 0.170 e. The van der Waals surface area contributed by atoms with Crippen molar-refractivity contribution in [2.24, 2.45) is 0 Å². The van der Waals surface area contributed by atoms with Gasteiger partial charge in [-0.15, -0.1) is 0 Å². The molecule has 0 amide bonds. The third-order valence-corrected chi connectivity index (χ3v) is 5.17. The number of rotatable bonds is 3. The zero-order valence-electron chi connectivity index (χ0n) is 16.0. The Labute approximate surface area is 167 Å². The number of benzene rings is 2. The summed E-state index contributed by atoms with van der Waals surface area (Å²) in [6.07, 6.45) is 0.787. The fraction of sp³-hybridized carbons (Fsp3) is 0.174. The third-order valence-electron chi connectivity index (χ3n) is 5.17. The van der Waals surface area contributed by atoms with Crippen LogP contribution in [-0.2, 0) is 13.0 Å². The highest BCUT2D eigenvalue weighted by Gasteiger charge is 2.26. The lowest BCUT2D eigenvalue weighted by Crippen LogP contribution is -2.31. The van der Waals surface area contributed by atoms with Crippen molar-refractivity contribution < 1.29 is 8.91 Å². The van der Waals surface area contributed by atoms with E-state index < -0.39 is 0 Å². The Hall–Kier alpha value is -3.54. The van der Waals surface area contributed by atoms with Crippen molar-refractivity contribution >= 4 is 5.82 Å². The minimum atomic E-state index is -0.262. The van der Waals surface area contributed by atoms with E-state index in [1.165, 1.54) is 12.1 Å². The average Bonchev–Trinajstić information content (AvgIpc) is 3.18. The normalized spacial score (nSPS) is 13.4. The van der Waals surface area contributed by atoms with E-state index in [1.807, 2.05) is 43.3 Å². The second-order valence-corrected chi connectivity index (χ2v) is 7.14. The molecule has 1 aliphatic rings. The standard InChI is InChI=1S/C23H19FN4O/c1-15-25-20(16-5-3-2-4-6-16)13-22(26-15)28-12-11-19-21(14-28)27-29-23(19)17-7-9-18(24)10-8-17/h2-10,13H,11-12,14H2,1H3. The molecule has 6 heteroatoms. The van der Waals surface area contributed by atoms with E-state index in [9.17, 15) is 4.39 Å². The first-order valence-corrected chi connectivity index (χ1v) is 9.57. The Bertz CT molecular complexity index is 1160.